The second-order valence-corrected chi connectivity index (χ2v) is 10.1. The minimum atomic E-state index is -3.63. The Balaban J connectivity index is 1.59. The van der Waals surface area contributed by atoms with Gasteiger partial charge in [-0.3, -0.25) is 0 Å². The first-order valence-corrected chi connectivity index (χ1v) is 11.8. The largest absolute Gasteiger partial charge is 0.420 e. The molecule has 164 valence electrons. The van der Waals surface area contributed by atoms with Crippen LogP contribution in [0.25, 0.3) is 11.5 Å². The van der Waals surface area contributed by atoms with Crippen LogP contribution in [0, 0.1) is 5.92 Å². The second kappa shape index (κ2) is 8.90. The van der Waals surface area contributed by atoms with Crippen molar-refractivity contribution < 1.29 is 17.6 Å². The number of nitrogens with zero attached hydrogens (tertiary/aromatic N) is 3. The van der Waals surface area contributed by atoms with Crippen LogP contribution in [-0.4, -0.2) is 49.7 Å². The number of rotatable bonds is 7. The van der Waals surface area contributed by atoms with Gasteiger partial charge in [0.2, 0.25) is 21.8 Å². The van der Waals surface area contributed by atoms with Crippen LogP contribution < -0.4 is 0 Å². The lowest BCUT2D eigenvalue weighted by molar-refractivity contribution is 0.147. The molecule has 31 heavy (non-hydrogen) atoms. The zero-order valence-electron chi connectivity index (χ0n) is 17.9. The molecule has 0 N–H and O–H groups in total. The molecule has 0 radical (unpaired) electrons. The smallest absolute Gasteiger partial charge is 0.247 e. The quantitative estimate of drug-likeness (QED) is 0.553. The maximum atomic E-state index is 13.3. The Bertz CT molecular complexity index is 1110. The summed E-state index contributed by atoms with van der Waals surface area (Å²) in [6.45, 7) is 5.19. The average Bonchev–Trinajstić information content (AvgIpc) is 3.42. The lowest BCUT2D eigenvalue weighted by Gasteiger charge is -2.17. The standard InChI is InChI=1S/C23H27N3O4S/c1-16(2)17-9-11-20(12-10-17)31(27,28)26-13-19(15-29-3)21(14-26)23-25-24-22(30-23)18-7-5-4-6-8-18/h4-12,16,19,21H,13-15H2,1-3H3. The van der Waals surface area contributed by atoms with E-state index in [1.54, 1.807) is 19.2 Å². The van der Waals surface area contributed by atoms with E-state index >= 15 is 0 Å². The Morgan fingerprint density at radius 2 is 1.77 bits per heavy atom. The minimum absolute atomic E-state index is 0.0706. The lowest BCUT2D eigenvalue weighted by Crippen LogP contribution is -2.29. The number of methoxy groups -OCH3 is 1. The molecule has 1 aliphatic rings. The average molecular weight is 442 g/mol. The zero-order chi connectivity index (χ0) is 22.0. The van der Waals surface area contributed by atoms with Gasteiger partial charge in [-0.05, 0) is 35.7 Å². The monoisotopic (exact) mass is 441 g/mol. The molecule has 7 nitrogen and oxygen atoms in total. The Hall–Kier alpha value is -2.55. The highest BCUT2D eigenvalue weighted by molar-refractivity contribution is 7.89. The number of hydrogen-bond donors (Lipinski definition) is 0. The lowest BCUT2D eigenvalue weighted by atomic mass is 9.97. The summed E-state index contributed by atoms with van der Waals surface area (Å²) in [6.07, 6.45) is 0. The first kappa shape index (κ1) is 21.7. The summed E-state index contributed by atoms with van der Waals surface area (Å²) in [6, 6.07) is 16.6. The molecule has 8 heteroatoms. The zero-order valence-corrected chi connectivity index (χ0v) is 18.7. The van der Waals surface area contributed by atoms with Crippen molar-refractivity contribution in [2.24, 2.45) is 5.92 Å². The molecular formula is C23H27N3O4S. The number of benzene rings is 2. The van der Waals surface area contributed by atoms with Gasteiger partial charge in [-0.25, -0.2) is 8.42 Å². The van der Waals surface area contributed by atoms with Gasteiger partial charge in [0.15, 0.2) is 0 Å². The predicted molar refractivity (Wildman–Crippen MR) is 117 cm³/mol. The summed E-state index contributed by atoms with van der Waals surface area (Å²) in [7, 11) is -2.02. The first-order chi connectivity index (χ1) is 14.9. The summed E-state index contributed by atoms with van der Waals surface area (Å²) in [5.41, 5.74) is 1.94. The van der Waals surface area contributed by atoms with Crippen LogP contribution in [0.15, 0.2) is 63.9 Å². The fourth-order valence-corrected chi connectivity index (χ4v) is 5.47. The highest BCUT2D eigenvalue weighted by Gasteiger charge is 2.42. The minimum Gasteiger partial charge on any atom is -0.420 e. The molecule has 0 aliphatic carbocycles. The molecule has 1 fully saturated rings. The summed E-state index contributed by atoms with van der Waals surface area (Å²) in [4.78, 5) is 0.296. The van der Waals surface area contributed by atoms with Gasteiger partial charge in [-0.2, -0.15) is 4.31 Å². The summed E-state index contributed by atoms with van der Waals surface area (Å²) < 4.78 is 39.4. The SMILES string of the molecule is COCC1CN(S(=O)(=O)c2ccc(C(C)C)cc2)CC1c1nnc(-c2ccccc2)o1. The van der Waals surface area contributed by atoms with Crippen molar-refractivity contribution in [1.29, 1.82) is 0 Å². The van der Waals surface area contributed by atoms with Crippen LogP contribution in [0.5, 0.6) is 0 Å². The van der Waals surface area contributed by atoms with E-state index in [9.17, 15) is 8.42 Å². The van der Waals surface area contributed by atoms with E-state index in [2.05, 4.69) is 24.0 Å². The molecule has 3 aromatic rings. The molecule has 2 atom stereocenters. The van der Waals surface area contributed by atoms with Crippen molar-refractivity contribution >= 4 is 10.0 Å². The number of sulfonamides is 1. The highest BCUT2D eigenvalue weighted by Crippen LogP contribution is 2.36. The summed E-state index contributed by atoms with van der Waals surface area (Å²) in [5, 5.41) is 8.41. The third-order valence-corrected chi connectivity index (χ3v) is 7.60. The molecule has 2 unspecified atom stereocenters. The van der Waals surface area contributed by atoms with Crippen LogP contribution in [0.4, 0.5) is 0 Å². The Morgan fingerprint density at radius 1 is 1.06 bits per heavy atom. The van der Waals surface area contributed by atoms with E-state index in [-0.39, 0.29) is 18.4 Å². The number of hydrogen-bond acceptors (Lipinski definition) is 6. The number of ether oxygens (including phenoxy) is 1. The van der Waals surface area contributed by atoms with Gasteiger partial charge >= 0.3 is 0 Å². The molecule has 0 saturated carbocycles. The molecule has 1 saturated heterocycles. The van der Waals surface area contributed by atoms with Gasteiger partial charge in [0.25, 0.3) is 0 Å². The summed E-state index contributed by atoms with van der Waals surface area (Å²) >= 11 is 0. The van der Waals surface area contributed by atoms with E-state index in [4.69, 9.17) is 9.15 Å². The maximum Gasteiger partial charge on any atom is 0.247 e. The predicted octanol–water partition coefficient (Wildman–Crippen LogP) is 3.91. The maximum absolute atomic E-state index is 13.3. The third kappa shape index (κ3) is 4.42. The molecule has 1 aromatic heterocycles. The topological polar surface area (TPSA) is 85.5 Å². The Labute approximate surface area is 183 Å². The van der Waals surface area contributed by atoms with Crippen LogP contribution in [0.3, 0.4) is 0 Å². The van der Waals surface area contributed by atoms with E-state index < -0.39 is 10.0 Å². The molecule has 1 aliphatic heterocycles. The molecule has 2 aromatic carbocycles. The van der Waals surface area contributed by atoms with Crippen LogP contribution >= 0.6 is 0 Å². The van der Waals surface area contributed by atoms with Gasteiger partial charge in [-0.1, -0.05) is 44.2 Å². The second-order valence-electron chi connectivity index (χ2n) is 8.18. The van der Waals surface area contributed by atoms with Crippen molar-refractivity contribution in [3.8, 4) is 11.5 Å². The highest BCUT2D eigenvalue weighted by atomic mass is 32.2. The van der Waals surface area contributed by atoms with Gasteiger partial charge in [0, 0.05) is 31.7 Å². The molecular weight excluding hydrogens is 414 g/mol. The van der Waals surface area contributed by atoms with E-state index in [0.29, 0.717) is 35.7 Å². The van der Waals surface area contributed by atoms with Gasteiger partial charge < -0.3 is 9.15 Å². The Morgan fingerprint density at radius 3 is 2.42 bits per heavy atom. The molecule has 4 rings (SSSR count). The Kier molecular flexibility index (Phi) is 6.22. The third-order valence-electron chi connectivity index (χ3n) is 5.75. The van der Waals surface area contributed by atoms with Crippen molar-refractivity contribution in [3.05, 3.63) is 66.1 Å². The van der Waals surface area contributed by atoms with Crippen molar-refractivity contribution in [3.63, 3.8) is 0 Å². The first-order valence-electron chi connectivity index (χ1n) is 10.4. The van der Waals surface area contributed by atoms with Crippen LogP contribution in [0.1, 0.15) is 37.1 Å². The van der Waals surface area contributed by atoms with Crippen molar-refractivity contribution in [2.45, 2.75) is 30.6 Å². The van der Waals surface area contributed by atoms with Crippen LogP contribution in [0.2, 0.25) is 0 Å². The molecule has 0 spiro atoms. The van der Waals surface area contributed by atoms with Gasteiger partial charge in [0.1, 0.15) is 0 Å². The van der Waals surface area contributed by atoms with Gasteiger partial charge in [-0.15, -0.1) is 10.2 Å². The van der Waals surface area contributed by atoms with E-state index in [1.807, 2.05) is 42.5 Å². The summed E-state index contributed by atoms with van der Waals surface area (Å²) in [5.74, 6) is 0.912. The fraction of sp³-hybridized carbons (Fsp3) is 0.391. The number of aromatic nitrogens is 2. The van der Waals surface area contributed by atoms with Crippen molar-refractivity contribution in [2.75, 3.05) is 26.8 Å². The van der Waals surface area contributed by atoms with E-state index in [1.165, 1.54) is 4.31 Å². The van der Waals surface area contributed by atoms with E-state index in [0.717, 1.165) is 11.1 Å². The normalized spacial score (nSPS) is 19.9. The molecule has 0 amide bonds. The molecule has 0 bridgehead atoms. The van der Waals surface area contributed by atoms with Crippen LogP contribution in [-0.2, 0) is 14.8 Å². The van der Waals surface area contributed by atoms with Crippen molar-refractivity contribution in [1.82, 2.24) is 14.5 Å². The van der Waals surface area contributed by atoms with Gasteiger partial charge in [0.05, 0.1) is 17.4 Å². The molecule has 2 heterocycles. The fourth-order valence-electron chi connectivity index (χ4n) is 3.95.